The highest BCUT2D eigenvalue weighted by Gasteiger charge is 2.42. The summed E-state index contributed by atoms with van der Waals surface area (Å²) in [6, 6.07) is 17.5. The number of fused-ring (bicyclic) bond motifs is 2. The third-order valence-electron chi connectivity index (χ3n) is 5.95. The fraction of sp³-hybridized carbons (Fsp3) is 0.296. The summed E-state index contributed by atoms with van der Waals surface area (Å²) in [5.74, 6) is 0. The van der Waals surface area contributed by atoms with Crippen LogP contribution >= 0.6 is 11.8 Å². The van der Waals surface area contributed by atoms with Crippen molar-refractivity contribution in [2.45, 2.75) is 44.9 Å². The van der Waals surface area contributed by atoms with Gasteiger partial charge in [0.1, 0.15) is 7.05 Å². The van der Waals surface area contributed by atoms with Gasteiger partial charge in [-0.3, -0.25) is 0 Å². The van der Waals surface area contributed by atoms with E-state index in [2.05, 4.69) is 119 Å². The first kappa shape index (κ1) is 26.4. The standard InChI is InChI=1S/C27H30NS.ClHO4/c1-26(2,3)22-18-19(29-24-16-10-7-13-20(22)24)12-11-17-25-27(4,5)21-14-8-9-15-23(21)28(25)6;2-1(3,4)5/h7-18H,1-6H3;(H,2,3,4,5)/q+1;/p-1/b17-11+,19-12+;. The van der Waals surface area contributed by atoms with Gasteiger partial charge in [0.25, 0.3) is 0 Å². The van der Waals surface area contributed by atoms with Gasteiger partial charge in [-0.2, -0.15) is 4.58 Å². The minimum Gasteiger partial charge on any atom is -0.222 e. The summed E-state index contributed by atoms with van der Waals surface area (Å²) >= 11 is 1.86. The molecule has 0 spiro atoms. The summed E-state index contributed by atoms with van der Waals surface area (Å²) in [5, 5.41) is 0. The van der Waals surface area contributed by atoms with E-state index in [1.54, 1.807) is 0 Å². The molecular weight excluding hydrogens is 470 g/mol. The van der Waals surface area contributed by atoms with Gasteiger partial charge in [0.05, 0.1) is 5.41 Å². The summed E-state index contributed by atoms with van der Waals surface area (Å²) in [6.07, 6.45) is 9.11. The number of para-hydroxylation sites is 1. The number of allylic oxidation sites excluding steroid dienone is 5. The van der Waals surface area contributed by atoms with Crippen LogP contribution in [0.4, 0.5) is 5.69 Å². The zero-order valence-corrected chi connectivity index (χ0v) is 21.9. The molecule has 2 aromatic carbocycles. The van der Waals surface area contributed by atoms with Crippen LogP contribution < -0.4 is 18.6 Å². The maximum atomic E-state index is 8.49. The van der Waals surface area contributed by atoms with Crippen LogP contribution in [0.2, 0.25) is 0 Å². The van der Waals surface area contributed by atoms with E-state index in [0.717, 1.165) is 0 Å². The Bertz CT molecular complexity index is 1190. The van der Waals surface area contributed by atoms with Crippen molar-refractivity contribution in [3.63, 3.8) is 0 Å². The largest absolute Gasteiger partial charge is 0.222 e. The molecule has 2 aromatic rings. The van der Waals surface area contributed by atoms with Gasteiger partial charge in [-0.1, -0.05) is 75.0 Å². The second kappa shape index (κ2) is 9.82. The topological polar surface area (TPSA) is 95.2 Å². The maximum absolute atomic E-state index is 8.49. The minimum atomic E-state index is -4.94. The Kier molecular flexibility index (Phi) is 7.63. The average Bonchev–Trinajstić information content (AvgIpc) is 2.92. The molecule has 0 bridgehead atoms. The molecule has 0 saturated heterocycles. The Morgan fingerprint density at radius 2 is 1.53 bits per heavy atom. The van der Waals surface area contributed by atoms with E-state index in [-0.39, 0.29) is 10.8 Å². The fourth-order valence-corrected chi connectivity index (χ4v) is 5.40. The van der Waals surface area contributed by atoms with E-state index in [0.29, 0.717) is 0 Å². The quantitative estimate of drug-likeness (QED) is 0.592. The van der Waals surface area contributed by atoms with Crippen molar-refractivity contribution < 1.29 is 33.5 Å². The molecule has 0 aliphatic carbocycles. The zero-order chi connectivity index (χ0) is 25.3. The number of nitrogens with zero attached hydrogens (tertiary/aromatic N) is 1. The van der Waals surface area contributed by atoms with Crippen LogP contribution in [0.3, 0.4) is 0 Å². The molecule has 0 unspecified atom stereocenters. The van der Waals surface area contributed by atoms with E-state index < -0.39 is 10.2 Å². The van der Waals surface area contributed by atoms with E-state index in [4.69, 9.17) is 18.6 Å². The summed E-state index contributed by atoms with van der Waals surface area (Å²) in [5.41, 5.74) is 6.93. The second-order valence-electron chi connectivity index (χ2n) is 9.80. The summed E-state index contributed by atoms with van der Waals surface area (Å²) in [7, 11) is -2.77. The molecule has 0 saturated carbocycles. The molecule has 2 aliphatic rings. The predicted octanol–water partition coefficient (Wildman–Crippen LogP) is 2.61. The molecule has 180 valence electrons. The SMILES string of the molecule is C[N+]1=C(/C=C/C=C2\C=C(C(C)(C)C)c3ccccc3S2)C(C)(C)c2ccccc21.[O-][Cl+3]([O-])([O-])[O-]. The lowest BCUT2D eigenvalue weighted by atomic mass is 9.81. The Labute approximate surface area is 208 Å². The van der Waals surface area contributed by atoms with Gasteiger partial charge in [-0.05, 0) is 48.6 Å². The Balaban J connectivity index is 0.000000588. The zero-order valence-electron chi connectivity index (χ0n) is 20.3. The van der Waals surface area contributed by atoms with Crippen molar-refractivity contribution in [1.82, 2.24) is 0 Å². The molecule has 0 aromatic heterocycles. The monoisotopic (exact) mass is 499 g/mol. The third kappa shape index (κ3) is 6.08. The van der Waals surface area contributed by atoms with E-state index >= 15 is 0 Å². The van der Waals surface area contributed by atoms with Gasteiger partial charge < -0.3 is 0 Å². The summed E-state index contributed by atoms with van der Waals surface area (Å²) in [4.78, 5) is 2.64. The Morgan fingerprint density at radius 3 is 2.15 bits per heavy atom. The molecule has 0 N–H and O–H groups in total. The predicted molar refractivity (Wildman–Crippen MR) is 127 cm³/mol. The second-order valence-corrected chi connectivity index (χ2v) is 11.7. The van der Waals surface area contributed by atoms with Crippen molar-refractivity contribution >= 4 is 28.7 Å². The van der Waals surface area contributed by atoms with Crippen LogP contribution in [0.1, 0.15) is 45.7 Å². The fourth-order valence-electron chi connectivity index (χ4n) is 4.39. The number of thioether (sulfide) groups is 1. The Hall–Kier alpha value is -2.19. The first-order valence-electron chi connectivity index (χ1n) is 10.9. The molecule has 2 aliphatic heterocycles. The van der Waals surface area contributed by atoms with Crippen molar-refractivity contribution in [3.8, 4) is 0 Å². The van der Waals surface area contributed by atoms with Crippen LogP contribution in [0.25, 0.3) is 5.57 Å². The van der Waals surface area contributed by atoms with Crippen molar-refractivity contribution in [1.29, 1.82) is 0 Å². The first-order chi connectivity index (χ1) is 15.7. The van der Waals surface area contributed by atoms with Gasteiger partial charge in [-0.25, -0.2) is 18.6 Å². The van der Waals surface area contributed by atoms with Gasteiger partial charge in [0, 0.05) is 27.5 Å². The number of hydrogen-bond acceptors (Lipinski definition) is 5. The van der Waals surface area contributed by atoms with E-state index in [1.165, 1.54) is 37.9 Å². The minimum absolute atomic E-state index is 0.0130. The highest BCUT2D eigenvalue weighted by Crippen LogP contribution is 2.46. The number of halogens is 1. The molecule has 34 heavy (non-hydrogen) atoms. The third-order valence-corrected chi connectivity index (χ3v) is 7.02. The van der Waals surface area contributed by atoms with Crippen molar-refractivity contribution in [2.75, 3.05) is 7.05 Å². The highest BCUT2D eigenvalue weighted by atomic mass is 35.7. The molecule has 0 amide bonds. The molecule has 5 nitrogen and oxygen atoms in total. The molecular formula is C27H30ClNO4S. The Morgan fingerprint density at radius 1 is 0.941 bits per heavy atom. The van der Waals surface area contributed by atoms with Crippen LogP contribution in [-0.2, 0) is 5.41 Å². The lowest BCUT2D eigenvalue weighted by Crippen LogP contribution is -2.68. The van der Waals surface area contributed by atoms with Crippen molar-refractivity contribution in [2.24, 2.45) is 5.41 Å². The molecule has 0 fully saturated rings. The van der Waals surface area contributed by atoms with Gasteiger partial charge >= 0.3 is 0 Å². The lowest BCUT2D eigenvalue weighted by molar-refractivity contribution is -2.00. The van der Waals surface area contributed by atoms with Crippen LogP contribution in [-0.4, -0.2) is 17.3 Å². The van der Waals surface area contributed by atoms with E-state index in [1.807, 2.05) is 11.8 Å². The van der Waals surface area contributed by atoms with Crippen LogP contribution in [0.5, 0.6) is 0 Å². The first-order valence-corrected chi connectivity index (χ1v) is 12.9. The van der Waals surface area contributed by atoms with Gasteiger partial charge in [0.15, 0.2) is 5.71 Å². The highest BCUT2D eigenvalue weighted by molar-refractivity contribution is 8.03. The molecule has 4 rings (SSSR count). The number of rotatable bonds is 2. The number of benzene rings is 2. The smallest absolute Gasteiger partial charge is 0.209 e. The molecule has 0 radical (unpaired) electrons. The van der Waals surface area contributed by atoms with Gasteiger partial charge in [0.2, 0.25) is 5.69 Å². The van der Waals surface area contributed by atoms with Crippen LogP contribution in [0.15, 0.2) is 82.6 Å². The van der Waals surface area contributed by atoms with Gasteiger partial charge in [-0.15, -0.1) is 10.2 Å². The average molecular weight is 500 g/mol. The maximum Gasteiger partial charge on any atom is 0.209 e. The van der Waals surface area contributed by atoms with Crippen molar-refractivity contribution in [3.05, 3.63) is 88.9 Å². The van der Waals surface area contributed by atoms with E-state index in [9.17, 15) is 0 Å². The molecule has 7 heteroatoms. The summed E-state index contributed by atoms with van der Waals surface area (Å²) in [6.45, 7) is 11.5. The number of hydrogen-bond donors (Lipinski definition) is 0. The molecule has 2 heterocycles. The normalized spacial score (nSPS) is 18.4. The lowest BCUT2D eigenvalue weighted by Gasteiger charge is -2.28. The molecule has 0 atom stereocenters. The summed E-state index contributed by atoms with van der Waals surface area (Å²) < 4.78 is 36.3. The van der Waals surface area contributed by atoms with Crippen LogP contribution in [0, 0.1) is 15.7 Å².